The molecule has 0 aromatic carbocycles. The van der Waals surface area contributed by atoms with E-state index in [1.54, 1.807) is 0 Å². The lowest BCUT2D eigenvalue weighted by atomic mass is 9.76. The second kappa shape index (κ2) is 4.99. The third-order valence-electron chi connectivity index (χ3n) is 5.25. The van der Waals surface area contributed by atoms with Crippen LogP contribution >= 0.6 is 27.3 Å². The van der Waals surface area contributed by atoms with Crippen LogP contribution in [0.1, 0.15) is 49.4 Å². The topological polar surface area (TPSA) is 17.8 Å². The van der Waals surface area contributed by atoms with Crippen molar-refractivity contribution in [3.63, 3.8) is 0 Å². The highest BCUT2D eigenvalue weighted by Crippen LogP contribution is 2.59. The Morgan fingerprint density at radius 2 is 2.10 bits per heavy atom. The maximum atomic E-state index is 4.27. The summed E-state index contributed by atoms with van der Waals surface area (Å²) in [5.74, 6) is 0.755. The van der Waals surface area contributed by atoms with E-state index in [0.717, 1.165) is 11.3 Å². The lowest BCUT2D eigenvalue weighted by Gasteiger charge is -2.34. The fourth-order valence-corrected chi connectivity index (χ4v) is 5.60. The Labute approximate surface area is 132 Å². The summed E-state index contributed by atoms with van der Waals surface area (Å²) in [6.07, 6.45) is 14.6. The number of hydrogen-bond acceptors (Lipinski definition) is 2. The smallest absolute Gasteiger partial charge is 0.0952 e. The third kappa shape index (κ3) is 2.27. The van der Waals surface area contributed by atoms with Crippen LogP contribution in [-0.2, 0) is 0 Å². The normalized spacial score (nSPS) is 23.1. The summed E-state index contributed by atoms with van der Waals surface area (Å²) in [6.45, 7) is 0. The van der Waals surface area contributed by atoms with Gasteiger partial charge in [0, 0.05) is 21.7 Å². The first-order valence-electron chi connectivity index (χ1n) is 7.48. The molecule has 4 rings (SSSR count). The van der Waals surface area contributed by atoms with Gasteiger partial charge in [-0.25, -0.2) is 4.98 Å². The SMILES string of the molecule is Brc1ccsc1C(C1CCC2(CC1)CC2)n1ccnc1. The molecular weight excluding hydrogens is 332 g/mol. The minimum atomic E-state index is 0.461. The van der Waals surface area contributed by atoms with Crippen molar-refractivity contribution in [2.45, 2.75) is 44.6 Å². The van der Waals surface area contributed by atoms with E-state index in [4.69, 9.17) is 0 Å². The Balaban J connectivity index is 1.63. The van der Waals surface area contributed by atoms with Crippen LogP contribution < -0.4 is 0 Å². The van der Waals surface area contributed by atoms with E-state index in [9.17, 15) is 0 Å². The lowest BCUT2D eigenvalue weighted by Crippen LogP contribution is -2.25. The molecule has 0 bridgehead atoms. The van der Waals surface area contributed by atoms with E-state index in [1.807, 2.05) is 23.9 Å². The van der Waals surface area contributed by atoms with Gasteiger partial charge in [-0.15, -0.1) is 11.3 Å². The van der Waals surface area contributed by atoms with E-state index in [0.29, 0.717) is 6.04 Å². The van der Waals surface area contributed by atoms with Gasteiger partial charge in [-0.1, -0.05) is 0 Å². The summed E-state index contributed by atoms with van der Waals surface area (Å²) in [6, 6.07) is 2.64. The predicted molar refractivity (Wildman–Crippen MR) is 86.0 cm³/mol. The highest BCUT2D eigenvalue weighted by Gasteiger charge is 2.46. The Bertz CT molecular complexity index is 575. The molecule has 0 N–H and O–H groups in total. The Morgan fingerprint density at radius 1 is 1.30 bits per heavy atom. The van der Waals surface area contributed by atoms with Crippen molar-refractivity contribution < 1.29 is 0 Å². The Kier molecular flexibility index (Phi) is 3.26. The summed E-state index contributed by atoms with van der Waals surface area (Å²) >= 11 is 5.60. The highest BCUT2D eigenvalue weighted by molar-refractivity contribution is 9.10. The van der Waals surface area contributed by atoms with Crippen LogP contribution in [0.2, 0.25) is 0 Å². The molecule has 1 unspecified atom stereocenters. The standard InChI is InChI=1S/C16H19BrN2S/c17-13-3-10-20-15(13)14(19-9-8-18-11-19)12-1-4-16(5-2-12)6-7-16/h3,8-12,14H,1-2,4-7H2. The second-order valence-corrected chi connectivity index (χ2v) is 8.23. The monoisotopic (exact) mass is 350 g/mol. The molecule has 1 atom stereocenters. The summed E-state index contributed by atoms with van der Waals surface area (Å²) in [4.78, 5) is 5.73. The number of rotatable bonds is 3. The molecule has 0 saturated heterocycles. The fourth-order valence-electron chi connectivity index (χ4n) is 3.79. The van der Waals surface area contributed by atoms with Crippen molar-refractivity contribution in [3.05, 3.63) is 39.5 Å². The first-order chi connectivity index (χ1) is 9.77. The molecule has 2 nitrogen and oxygen atoms in total. The van der Waals surface area contributed by atoms with Crippen molar-refractivity contribution in [1.82, 2.24) is 9.55 Å². The molecule has 2 aliphatic carbocycles. The molecule has 2 heterocycles. The molecule has 2 aromatic rings. The van der Waals surface area contributed by atoms with Crippen LogP contribution in [0.25, 0.3) is 0 Å². The summed E-state index contributed by atoms with van der Waals surface area (Å²) < 4.78 is 3.57. The average molecular weight is 351 g/mol. The van der Waals surface area contributed by atoms with Gasteiger partial charge >= 0.3 is 0 Å². The van der Waals surface area contributed by atoms with E-state index in [2.05, 4.69) is 43.1 Å². The number of thiophene rings is 1. The Hall–Kier alpha value is -0.610. The molecule has 2 aromatic heterocycles. The molecule has 2 aliphatic rings. The van der Waals surface area contributed by atoms with Gasteiger partial charge in [0.15, 0.2) is 0 Å². The van der Waals surface area contributed by atoms with Crippen LogP contribution in [-0.4, -0.2) is 9.55 Å². The van der Waals surface area contributed by atoms with Crippen molar-refractivity contribution in [2.75, 3.05) is 0 Å². The van der Waals surface area contributed by atoms with Crippen molar-refractivity contribution >= 4 is 27.3 Å². The fraction of sp³-hybridized carbons (Fsp3) is 0.562. The summed E-state index contributed by atoms with van der Waals surface area (Å²) in [7, 11) is 0. The van der Waals surface area contributed by atoms with Crippen LogP contribution in [0.5, 0.6) is 0 Å². The minimum Gasteiger partial charge on any atom is -0.329 e. The minimum absolute atomic E-state index is 0.461. The van der Waals surface area contributed by atoms with Gasteiger partial charge in [-0.3, -0.25) is 0 Å². The van der Waals surface area contributed by atoms with Crippen molar-refractivity contribution in [3.8, 4) is 0 Å². The molecule has 20 heavy (non-hydrogen) atoms. The molecule has 0 amide bonds. The first kappa shape index (κ1) is 13.1. The molecule has 0 aliphatic heterocycles. The largest absolute Gasteiger partial charge is 0.329 e. The molecule has 1 spiro atoms. The van der Waals surface area contributed by atoms with E-state index >= 15 is 0 Å². The number of aromatic nitrogens is 2. The van der Waals surface area contributed by atoms with Gasteiger partial charge in [0.25, 0.3) is 0 Å². The van der Waals surface area contributed by atoms with E-state index in [-0.39, 0.29) is 0 Å². The zero-order valence-electron chi connectivity index (χ0n) is 11.5. The molecule has 2 fully saturated rings. The molecule has 4 heteroatoms. The maximum Gasteiger partial charge on any atom is 0.0952 e. The first-order valence-corrected chi connectivity index (χ1v) is 9.15. The molecule has 0 radical (unpaired) electrons. The lowest BCUT2D eigenvalue weighted by molar-refractivity contribution is 0.214. The third-order valence-corrected chi connectivity index (χ3v) is 7.20. The number of hydrogen-bond donors (Lipinski definition) is 0. The molecule has 106 valence electrons. The second-order valence-electron chi connectivity index (χ2n) is 6.42. The average Bonchev–Trinajstić information content (AvgIpc) is 2.89. The van der Waals surface area contributed by atoms with Crippen molar-refractivity contribution in [1.29, 1.82) is 0 Å². The molecular formula is C16H19BrN2S. The van der Waals surface area contributed by atoms with Crippen molar-refractivity contribution in [2.24, 2.45) is 11.3 Å². The predicted octanol–water partition coefficient (Wildman–Crippen LogP) is 5.27. The van der Waals surface area contributed by atoms with Crippen LogP contribution in [0, 0.1) is 11.3 Å². The van der Waals surface area contributed by atoms with Crippen LogP contribution in [0.4, 0.5) is 0 Å². The Morgan fingerprint density at radius 3 is 2.65 bits per heavy atom. The maximum absolute atomic E-state index is 4.27. The number of nitrogens with zero attached hydrogens (tertiary/aromatic N) is 2. The van der Waals surface area contributed by atoms with Gasteiger partial charge in [-0.05, 0) is 77.2 Å². The number of imidazole rings is 1. The van der Waals surface area contributed by atoms with Crippen LogP contribution in [0.3, 0.4) is 0 Å². The molecule has 2 saturated carbocycles. The number of halogens is 1. The van der Waals surface area contributed by atoms with Gasteiger partial charge < -0.3 is 4.57 Å². The highest BCUT2D eigenvalue weighted by atomic mass is 79.9. The zero-order valence-corrected chi connectivity index (χ0v) is 13.9. The van der Waals surface area contributed by atoms with Gasteiger partial charge in [-0.2, -0.15) is 0 Å². The van der Waals surface area contributed by atoms with E-state index in [1.165, 1.54) is 47.9 Å². The van der Waals surface area contributed by atoms with Gasteiger partial charge in [0.05, 0.1) is 12.4 Å². The van der Waals surface area contributed by atoms with Crippen LogP contribution in [0.15, 0.2) is 34.6 Å². The van der Waals surface area contributed by atoms with Gasteiger partial charge in [0.1, 0.15) is 0 Å². The summed E-state index contributed by atoms with van der Waals surface area (Å²) in [5.41, 5.74) is 0.767. The summed E-state index contributed by atoms with van der Waals surface area (Å²) in [5, 5.41) is 2.19. The van der Waals surface area contributed by atoms with E-state index < -0.39 is 0 Å². The zero-order chi connectivity index (χ0) is 13.6. The quantitative estimate of drug-likeness (QED) is 0.737. The van der Waals surface area contributed by atoms with Gasteiger partial charge in [0.2, 0.25) is 0 Å².